The molecule has 0 saturated heterocycles. The number of phenols is 1. The fourth-order valence-corrected chi connectivity index (χ4v) is 2.69. The Bertz CT molecular complexity index is 645. The Morgan fingerprint density at radius 2 is 1.65 bits per heavy atom. The molecule has 0 aromatic heterocycles. The van der Waals surface area contributed by atoms with Crippen molar-refractivity contribution in [3.63, 3.8) is 0 Å². The quantitative estimate of drug-likeness (QED) is 0.511. The first kappa shape index (κ1) is 15.6. The molecule has 0 aliphatic rings. The van der Waals surface area contributed by atoms with Crippen LogP contribution in [-0.4, -0.2) is 5.11 Å². The van der Waals surface area contributed by atoms with E-state index in [-0.39, 0.29) is 16.8 Å². The lowest BCUT2D eigenvalue weighted by Crippen LogP contribution is -2.07. The molecule has 2 nitrogen and oxygen atoms in total. The monoisotopic (exact) mass is 349 g/mol. The molecule has 1 unspecified atom stereocenters. The molecule has 20 heavy (non-hydrogen) atoms. The van der Waals surface area contributed by atoms with Crippen LogP contribution in [0, 0.1) is 0 Å². The molecule has 0 aliphatic heterocycles. The highest BCUT2D eigenvalue weighted by molar-refractivity contribution is 6.48. The molecule has 0 radical (unpaired) electrons. The Balaban J connectivity index is 2.26. The van der Waals surface area contributed by atoms with Crippen molar-refractivity contribution in [1.82, 2.24) is 0 Å². The minimum atomic E-state index is -0.0992. The minimum absolute atomic E-state index is 0.0393. The molecule has 2 aromatic carbocycles. The van der Waals surface area contributed by atoms with Gasteiger partial charge in [-0.1, -0.05) is 52.5 Å². The highest BCUT2D eigenvalue weighted by atomic mass is 35.5. The number of nitrogens with one attached hydrogen (secondary N) is 1. The van der Waals surface area contributed by atoms with Crippen LogP contribution in [-0.2, 0) is 0 Å². The average Bonchev–Trinajstić information content (AvgIpc) is 2.40. The van der Waals surface area contributed by atoms with Crippen LogP contribution in [0.4, 0.5) is 5.69 Å². The van der Waals surface area contributed by atoms with Crippen LogP contribution in [0.15, 0.2) is 30.3 Å². The summed E-state index contributed by atoms with van der Waals surface area (Å²) in [4.78, 5) is 0. The Morgan fingerprint density at radius 1 is 0.950 bits per heavy atom. The van der Waals surface area contributed by atoms with Gasteiger partial charge in [0.25, 0.3) is 0 Å². The van der Waals surface area contributed by atoms with Gasteiger partial charge in [0.15, 0.2) is 0 Å². The van der Waals surface area contributed by atoms with Gasteiger partial charge < -0.3 is 10.4 Å². The van der Waals surface area contributed by atoms with Gasteiger partial charge in [-0.3, -0.25) is 0 Å². The maximum atomic E-state index is 9.39. The Morgan fingerprint density at radius 3 is 2.30 bits per heavy atom. The lowest BCUT2D eigenvalue weighted by atomic mass is 10.1. The van der Waals surface area contributed by atoms with Crippen molar-refractivity contribution in [3.8, 4) is 5.75 Å². The number of aromatic hydroxyl groups is 1. The zero-order valence-electron chi connectivity index (χ0n) is 10.4. The van der Waals surface area contributed by atoms with E-state index in [4.69, 9.17) is 46.4 Å². The molecule has 2 aromatic rings. The summed E-state index contributed by atoms with van der Waals surface area (Å²) in [5.74, 6) is 0.0393. The van der Waals surface area contributed by atoms with E-state index >= 15 is 0 Å². The number of hydrogen-bond acceptors (Lipinski definition) is 2. The van der Waals surface area contributed by atoms with Gasteiger partial charge in [-0.05, 0) is 36.8 Å². The number of anilines is 1. The number of rotatable bonds is 3. The minimum Gasteiger partial charge on any atom is -0.506 e. The van der Waals surface area contributed by atoms with Gasteiger partial charge in [0, 0.05) is 5.69 Å². The number of hydrogen-bond donors (Lipinski definition) is 2. The van der Waals surface area contributed by atoms with Gasteiger partial charge in [0.2, 0.25) is 0 Å². The summed E-state index contributed by atoms with van der Waals surface area (Å²) < 4.78 is 0. The Labute approximate surface area is 137 Å². The Kier molecular flexibility index (Phi) is 4.92. The summed E-state index contributed by atoms with van der Waals surface area (Å²) in [6.45, 7) is 1.94. The van der Waals surface area contributed by atoms with Crippen LogP contribution in [0.25, 0.3) is 0 Å². The molecule has 0 saturated carbocycles. The molecule has 106 valence electrons. The fourth-order valence-electron chi connectivity index (χ4n) is 1.80. The third-order valence-electron chi connectivity index (χ3n) is 2.86. The van der Waals surface area contributed by atoms with Crippen molar-refractivity contribution >= 4 is 52.1 Å². The highest BCUT2D eigenvalue weighted by Gasteiger charge is 2.14. The Hall–Kier alpha value is -0.800. The van der Waals surface area contributed by atoms with Gasteiger partial charge in [-0.2, -0.15) is 0 Å². The molecule has 0 amide bonds. The molecule has 1 atom stereocenters. The summed E-state index contributed by atoms with van der Waals surface area (Å²) in [7, 11) is 0. The lowest BCUT2D eigenvalue weighted by molar-refractivity contribution is 0.475. The SMILES string of the molecule is CC(Nc1ccc(O)c(Cl)c1)c1ccc(Cl)c(Cl)c1Cl. The van der Waals surface area contributed by atoms with Crippen molar-refractivity contribution < 1.29 is 5.11 Å². The van der Waals surface area contributed by atoms with E-state index in [1.807, 2.05) is 13.0 Å². The lowest BCUT2D eigenvalue weighted by Gasteiger charge is -2.18. The van der Waals surface area contributed by atoms with E-state index in [1.165, 1.54) is 6.07 Å². The average molecular weight is 351 g/mol. The zero-order chi connectivity index (χ0) is 14.9. The van der Waals surface area contributed by atoms with Crippen molar-refractivity contribution in [3.05, 3.63) is 56.0 Å². The first-order valence-corrected chi connectivity index (χ1v) is 7.29. The molecule has 2 N–H and O–H groups in total. The summed E-state index contributed by atoms with van der Waals surface area (Å²) in [5.41, 5.74) is 1.59. The molecule has 2 rings (SSSR count). The smallest absolute Gasteiger partial charge is 0.134 e. The summed E-state index contributed by atoms with van der Waals surface area (Å²) in [5, 5.41) is 14.1. The van der Waals surface area contributed by atoms with Crippen LogP contribution in [0.3, 0.4) is 0 Å². The maximum Gasteiger partial charge on any atom is 0.134 e. The molecule has 0 bridgehead atoms. The van der Waals surface area contributed by atoms with Gasteiger partial charge in [-0.25, -0.2) is 0 Å². The normalized spacial score (nSPS) is 12.2. The number of phenolic OH excluding ortho intramolecular Hbond substituents is 1. The number of halogens is 4. The second kappa shape index (κ2) is 6.31. The van der Waals surface area contributed by atoms with E-state index < -0.39 is 0 Å². The molecule has 6 heteroatoms. The predicted octanol–water partition coefficient (Wildman–Crippen LogP) is 6.18. The van der Waals surface area contributed by atoms with E-state index in [2.05, 4.69) is 5.32 Å². The topological polar surface area (TPSA) is 32.3 Å². The third kappa shape index (κ3) is 3.26. The molecule has 0 heterocycles. The molecule has 0 spiro atoms. The maximum absolute atomic E-state index is 9.39. The van der Waals surface area contributed by atoms with E-state index in [0.29, 0.717) is 15.1 Å². The zero-order valence-corrected chi connectivity index (χ0v) is 13.4. The first-order valence-electron chi connectivity index (χ1n) is 5.78. The standard InChI is InChI=1S/C14H11Cl4NO/c1-7(9-3-4-10(15)14(18)13(9)17)19-8-2-5-12(20)11(16)6-8/h2-7,19-20H,1H3. The second-order valence-corrected chi connectivity index (χ2v) is 5.87. The van der Waals surface area contributed by atoms with Gasteiger partial charge in [-0.15, -0.1) is 0 Å². The van der Waals surface area contributed by atoms with Crippen molar-refractivity contribution in [1.29, 1.82) is 0 Å². The van der Waals surface area contributed by atoms with Gasteiger partial charge in [0.05, 0.1) is 26.1 Å². The van der Waals surface area contributed by atoms with Crippen LogP contribution in [0.2, 0.25) is 20.1 Å². The molecular weight excluding hydrogens is 340 g/mol. The summed E-state index contributed by atoms with van der Waals surface area (Å²) in [6, 6.07) is 8.30. The van der Waals surface area contributed by atoms with E-state index in [0.717, 1.165) is 11.3 Å². The van der Waals surface area contributed by atoms with E-state index in [1.54, 1.807) is 18.2 Å². The molecular formula is C14H11Cl4NO. The van der Waals surface area contributed by atoms with Crippen LogP contribution in [0.1, 0.15) is 18.5 Å². The first-order chi connectivity index (χ1) is 9.40. The number of benzene rings is 2. The predicted molar refractivity (Wildman–Crippen MR) is 86.6 cm³/mol. The van der Waals surface area contributed by atoms with Gasteiger partial charge in [0.1, 0.15) is 5.75 Å². The van der Waals surface area contributed by atoms with Crippen LogP contribution < -0.4 is 5.32 Å². The largest absolute Gasteiger partial charge is 0.506 e. The van der Waals surface area contributed by atoms with Crippen LogP contribution in [0.5, 0.6) is 5.75 Å². The van der Waals surface area contributed by atoms with Crippen molar-refractivity contribution in [2.45, 2.75) is 13.0 Å². The van der Waals surface area contributed by atoms with Gasteiger partial charge >= 0.3 is 0 Å². The van der Waals surface area contributed by atoms with Crippen molar-refractivity contribution in [2.24, 2.45) is 0 Å². The van der Waals surface area contributed by atoms with Crippen molar-refractivity contribution in [2.75, 3.05) is 5.32 Å². The second-order valence-electron chi connectivity index (χ2n) is 4.30. The van der Waals surface area contributed by atoms with Crippen LogP contribution >= 0.6 is 46.4 Å². The summed E-state index contributed by atoms with van der Waals surface area (Å²) in [6.07, 6.45) is 0. The molecule has 0 aliphatic carbocycles. The molecule has 0 fully saturated rings. The van der Waals surface area contributed by atoms with E-state index in [9.17, 15) is 5.11 Å². The highest BCUT2D eigenvalue weighted by Crippen LogP contribution is 2.36. The summed E-state index contributed by atoms with van der Waals surface area (Å²) >= 11 is 24.0. The fraction of sp³-hybridized carbons (Fsp3) is 0.143. The third-order valence-corrected chi connectivity index (χ3v) is 4.47.